The Morgan fingerprint density at radius 3 is 2.25 bits per heavy atom. The molecule has 0 radical (unpaired) electrons. The topological polar surface area (TPSA) is 40.6 Å². The average molecular weight is 335 g/mol. The Hall–Kier alpha value is -1.73. The van der Waals surface area contributed by atoms with Gasteiger partial charge in [-0.2, -0.15) is 0 Å². The molecule has 0 N–H and O–H groups in total. The van der Waals surface area contributed by atoms with Crippen molar-refractivity contribution in [1.29, 1.82) is 0 Å². The Morgan fingerprint density at radius 1 is 1.08 bits per heavy atom. The number of pyridine rings is 1. The molecule has 1 aliphatic heterocycles. The standard InChI is InChI=1S/C17H20BF2NO3/c1-16(2)17(3,4)24-18(23-16)13-8-11(15(19)20)6-10-7-12(22-5)9-21-14(10)13/h6-9,15H,1-5H3. The van der Waals surface area contributed by atoms with Crippen LogP contribution in [0.5, 0.6) is 5.75 Å². The van der Waals surface area contributed by atoms with Crippen molar-refractivity contribution in [3.05, 3.63) is 30.0 Å². The number of aromatic nitrogens is 1. The molecule has 128 valence electrons. The van der Waals surface area contributed by atoms with Gasteiger partial charge in [-0.25, -0.2) is 8.78 Å². The lowest BCUT2D eigenvalue weighted by atomic mass is 9.76. The molecule has 0 atom stereocenters. The molecule has 24 heavy (non-hydrogen) atoms. The van der Waals surface area contributed by atoms with Gasteiger partial charge >= 0.3 is 7.12 Å². The molecule has 3 rings (SSSR count). The number of halogens is 2. The minimum atomic E-state index is -2.60. The zero-order valence-electron chi connectivity index (χ0n) is 14.4. The summed E-state index contributed by atoms with van der Waals surface area (Å²) in [5.74, 6) is 0.508. The first-order valence-electron chi connectivity index (χ1n) is 7.76. The summed E-state index contributed by atoms with van der Waals surface area (Å²) >= 11 is 0. The fraction of sp³-hybridized carbons (Fsp3) is 0.471. The lowest BCUT2D eigenvalue weighted by Gasteiger charge is -2.32. The Labute approximate surface area is 140 Å². The summed E-state index contributed by atoms with van der Waals surface area (Å²) in [5.41, 5.74) is -0.140. The van der Waals surface area contributed by atoms with Crippen LogP contribution in [0, 0.1) is 0 Å². The van der Waals surface area contributed by atoms with E-state index in [9.17, 15) is 8.78 Å². The van der Waals surface area contributed by atoms with Gasteiger partial charge in [-0.1, -0.05) is 6.07 Å². The Bertz CT molecular complexity index is 764. The van der Waals surface area contributed by atoms with Crippen molar-refractivity contribution in [2.75, 3.05) is 7.11 Å². The van der Waals surface area contributed by atoms with Gasteiger partial charge in [-0.15, -0.1) is 0 Å². The Morgan fingerprint density at radius 2 is 1.71 bits per heavy atom. The molecule has 1 aromatic heterocycles. The van der Waals surface area contributed by atoms with E-state index in [2.05, 4.69) is 4.98 Å². The minimum absolute atomic E-state index is 0.0951. The van der Waals surface area contributed by atoms with Crippen LogP contribution in [-0.4, -0.2) is 30.4 Å². The fourth-order valence-corrected chi connectivity index (χ4v) is 2.67. The van der Waals surface area contributed by atoms with E-state index in [1.165, 1.54) is 19.2 Å². The number of benzene rings is 1. The first-order valence-corrected chi connectivity index (χ1v) is 7.76. The first kappa shape index (κ1) is 17.1. The second-order valence-corrected chi connectivity index (χ2v) is 6.95. The SMILES string of the molecule is COc1cnc2c(B3OC(C)(C)C(C)(C)O3)cc(C(F)F)cc2c1. The molecule has 1 aromatic carbocycles. The van der Waals surface area contributed by atoms with Crippen molar-refractivity contribution in [2.24, 2.45) is 0 Å². The van der Waals surface area contributed by atoms with Crippen LogP contribution in [-0.2, 0) is 9.31 Å². The van der Waals surface area contributed by atoms with Gasteiger partial charge in [0.25, 0.3) is 6.43 Å². The molecular formula is C17H20BF2NO3. The third kappa shape index (κ3) is 2.76. The van der Waals surface area contributed by atoms with Gasteiger partial charge in [-0.05, 0) is 39.8 Å². The molecule has 0 unspecified atom stereocenters. The highest BCUT2D eigenvalue weighted by Crippen LogP contribution is 2.37. The number of ether oxygens (including phenoxy) is 1. The maximum atomic E-state index is 13.3. The van der Waals surface area contributed by atoms with Crippen molar-refractivity contribution in [1.82, 2.24) is 4.98 Å². The maximum absolute atomic E-state index is 13.3. The highest BCUT2D eigenvalue weighted by atomic mass is 19.3. The summed E-state index contributed by atoms with van der Waals surface area (Å²) < 4.78 is 43.8. The van der Waals surface area contributed by atoms with E-state index in [4.69, 9.17) is 14.0 Å². The third-order valence-corrected chi connectivity index (χ3v) is 4.80. The zero-order valence-corrected chi connectivity index (χ0v) is 14.4. The van der Waals surface area contributed by atoms with Crippen molar-refractivity contribution in [3.63, 3.8) is 0 Å². The van der Waals surface area contributed by atoms with Crippen LogP contribution in [0.25, 0.3) is 10.9 Å². The number of fused-ring (bicyclic) bond motifs is 1. The lowest BCUT2D eigenvalue weighted by Crippen LogP contribution is -2.41. The fourth-order valence-electron chi connectivity index (χ4n) is 2.67. The van der Waals surface area contributed by atoms with E-state index in [-0.39, 0.29) is 5.56 Å². The molecule has 0 saturated carbocycles. The van der Waals surface area contributed by atoms with Crippen molar-refractivity contribution in [3.8, 4) is 5.75 Å². The molecule has 1 fully saturated rings. The quantitative estimate of drug-likeness (QED) is 0.806. The van der Waals surface area contributed by atoms with Crippen LogP contribution in [0.15, 0.2) is 24.4 Å². The summed E-state index contributed by atoms with van der Waals surface area (Å²) in [7, 11) is 0.756. The van der Waals surface area contributed by atoms with E-state index >= 15 is 0 Å². The average Bonchev–Trinajstić information content (AvgIpc) is 2.73. The summed E-state index contributed by atoms with van der Waals surface area (Å²) in [5, 5.41) is 0.567. The van der Waals surface area contributed by atoms with Gasteiger partial charge in [0.1, 0.15) is 5.75 Å². The van der Waals surface area contributed by atoms with Crippen LogP contribution in [0.1, 0.15) is 39.7 Å². The van der Waals surface area contributed by atoms with Gasteiger partial charge in [0.15, 0.2) is 0 Å². The van der Waals surface area contributed by atoms with Gasteiger partial charge in [-0.3, -0.25) is 4.98 Å². The van der Waals surface area contributed by atoms with E-state index in [1.807, 2.05) is 27.7 Å². The van der Waals surface area contributed by atoms with Gasteiger partial charge < -0.3 is 14.0 Å². The third-order valence-electron chi connectivity index (χ3n) is 4.80. The Balaban J connectivity index is 2.16. The number of nitrogens with zero attached hydrogens (tertiary/aromatic N) is 1. The van der Waals surface area contributed by atoms with Crippen LogP contribution in [0.2, 0.25) is 0 Å². The van der Waals surface area contributed by atoms with Gasteiger partial charge in [0, 0.05) is 16.4 Å². The van der Waals surface area contributed by atoms with Crippen molar-refractivity contribution in [2.45, 2.75) is 45.3 Å². The molecule has 1 saturated heterocycles. The molecule has 2 heterocycles. The first-order chi connectivity index (χ1) is 11.1. The summed E-state index contributed by atoms with van der Waals surface area (Å²) in [6, 6.07) is 4.52. The molecule has 2 aromatic rings. The lowest BCUT2D eigenvalue weighted by molar-refractivity contribution is 0.00578. The van der Waals surface area contributed by atoms with Gasteiger partial charge in [0.05, 0.1) is 30.0 Å². The highest BCUT2D eigenvalue weighted by molar-refractivity contribution is 6.65. The molecule has 0 aliphatic carbocycles. The van der Waals surface area contributed by atoms with Crippen molar-refractivity contribution < 1.29 is 22.8 Å². The number of hydrogen-bond acceptors (Lipinski definition) is 4. The summed E-state index contributed by atoms with van der Waals surface area (Å²) in [6.07, 6.45) is -1.04. The van der Waals surface area contributed by atoms with E-state index < -0.39 is 24.7 Å². The minimum Gasteiger partial charge on any atom is -0.495 e. The summed E-state index contributed by atoms with van der Waals surface area (Å²) in [4.78, 5) is 4.36. The molecule has 0 amide bonds. The van der Waals surface area contributed by atoms with Crippen LogP contribution >= 0.6 is 0 Å². The Kier molecular flexibility index (Phi) is 4.04. The predicted molar refractivity (Wildman–Crippen MR) is 89.0 cm³/mol. The second kappa shape index (κ2) is 5.67. The van der Waals surface area contributed by atoms with Crippen LogP contribution in [0.4, 0.5) is 8.78 Å². The van der Waals surface area contributed by atoms with E-state index in [0.29, 0.717) is 22.1 Å². The smallest absolute Gasteiger partial charge is 0.495 e. The van der Waals surface area contributed by atoms with Gasteiger partial charge in [0.2, 0.25) is 0 Å². The zero-order chi connectivity index (χ0) is 17.7. The number of alkyl halides is 2. The molecule has 0 bridgehead atoms. The largest absolute Gasteiger partial charge is 0.497 e. The maximum Gasteiger partial charge on any atom is 0.497 e. The molecular weight excluding hydrogens is 315 g/mol. The molecule has 1 aliphatic rings. The van der Waals surface area contributed by atoms with E-state index in [0.717, 1.165) is 0 Å². The van der Waals surface area contributed by atoms with E-state index in [1.54, 1.807) is 12.3 Å². The number of hydrogen-bond donors (Lipinski definition) is 0. The molecule has 7 heteroatoms. The highest BCUT2D eigenvalue weighted by Gasteiger charge is 2.52. The van der Waals surface area contributed by atoms with Crippen LogP contribution in [0.3, 0.4) is 0 Å². The second-order valence-electron chi connectivity index (χ2n) is 6.95. The predicted octanol–water partition coefficient (Wildman–Crippen LogP) is 3.48. The normalized spacial score (nSPS) is 19.2. The molecule has 0 spiro atoms. The number of methoxy groups -OCH3 is 1. The monoisotopic (exact) mass is 335 g/mol. The number of rotatable bonds is 3. The van der Waals surface area contributed by atoms with Crippen molar-refractivity contribution >= 4 is 23.5 Å². The molecule has 4 nitrogen and oxygen atoms in total. The summed E-state index contributed by atoms with van der Waals surface area (Å²) in [6.45, 7) is 7.68. The van der Waals surface area contributed by atoms with Crippen LogP contribution < -0.4 is 10.2 Å².